The molecule has 0 N–H and O–H groups in total. The number of halogens is 1. The highest BCUT2D eigenvalue weighted by molar-refractivity contribution is 6.30. The number of esters is 1. The van der Waals surface area contributed by atoms with Crippen LogP contribution in [0.15, 0.2) is 30.3 Å². The molecule has 1 fully saturated rings. The molecule has 1 aliphatic heterocycles. The molecule has 1 aliphatic carbocycles. The molecule has 0 amide bonds. The smallest absolute Gasteiger partial charge is 0.338 e. The van der Waals surface area contributed by atoms with E-state index >= 15 is 0 Å². The van der Waals surface area contributed by atoms with Crippen LogP contribution in [0.1, 0.15) is 28.0 Å². The maximum absolute atomic E-state index is 12.0. The predicted octanol–water partition coefficient (Wildman–Crippen LogP) is 2.66. The summed E-state index contributed by atoms with van der Waals surface area (Å²) < 4.78 is 5.48. The highest BCUT2D eigenvalue weighted by Crippen LogP contribution is 2.29. The summed E-state index contributed by atoms with van der Waals surface area (Å²) in [4.78, 5) is 23.0. The first-order valence-corrected chi connectivity index (χ1v) is 8.15. The summed E-state index contributed by atoms with van der Waals surface area (Å²) in [5.41, 5.74) is 2.72. The average Bonchev–Trinajstić information content (AvgIpc) is 3.00. The summed E-state index contributed by atoms with van der Waals surface area (Å²) in [5.74, 6) is 0.353. The number of hydrogen-bond acceptors (Lipinski definition) is 5. The molecular weight excluding hydrogens is 314 g/mol. The molecule has 1 saturated heterocycles. The topological polar surface area (TPSA) is 55.3 Å². The van der Waals surface area contributed by atoms with Gasteiger partial charge in [0.05, 0.1) is 24.3 Å². The largest absolute Gasteiger partial charge is 0.455 e. The zero-order valence-corrected chi connectivity index (χ0v) is 13.3. The van der Waals surface area contributed by atoms with Crippen molar-refractivity contribution in [2.24, 2.45) is 0 Å². The number of aromatic nitrogens is 2. The highest BCUT2D eigenvalue weighted by atomic mass is 35.5. The van der Waals surface area contributed by atoms with Crippen molar-refractivity contribution >= 4 is 23.5 Å². The summed E-state index contributed by atoms with van der Waals surface area (Å²) in [6.07, 6.45) is 2.89. The second-order valence-corrected chi connectivity index (χ2v) is 6.25. The number of hydrogen-bond donors (Lipinski definition) is 0. The van der Waals surface area contributed by atoms with Crippen molar-refractivity contribution in [3.63, 3.8) is 0 Å². The van der Waals surface area contributed by atoms with Gasteiger partial charge in [-0.2, -0.15) is 0 Å². The van der Waals surface area contributed by atoms with Crippen molar-refractivity contribution in [1.82, 2.24) is 9.97 Å². The fourth-order valence-corrected chi connectivity index (χ4v) is 3.26. The third-order valence-corrected chi connectivity index (χ3v) is 4.60. The molecule has 6 heteroatoms. The Bertz CT molecular complexity index is 745. The zero-order valence-electron chi connectivity index (χ0n) is 12.5. The van der Waals surface area contributed by atoms with E-state index in [2.05, 4.69) is 9.97 Å². The summed E-state index contributed by atoms with van der Waals surface area (Å²) in [7, 11) is 0. The average molecular weight is 330 g/mol. The van der Waals surface area contributed by atoms with Gasteiger partial charge in [-0.3, -0.25) is 0 Å². The number of aryl methyl sites for hydroxylation is 1. The van der Waals surface area contributed by atoms with Gasteiger partial charge in [0.1, 0.15) is 11.3 Å². The number of carbonyl (C=O) groups is 1. The van der Waals surface area contributed by atoms with Gasteiger partial charge >= 0.3 is 5.97 Å². The van der Waals surface area contributed by atoms with Gasteiger partial charge in [0.15, 0.2) is 0 Å². The van der Waals surface area contributed by atoms with Gasteiger partial charge < -0.3 is 9.64 Å². The molecule has 23 heavy (non-hydrogen) atoms. The van der Waals surface area contributed by atoms with Crippen molar-refractivity contribution in [3.05, 3.63) is 52.3 Å². The molecule has 0 unspecified atom stereocenters. The van der Waals surface area contributed by atoms with Crippen LogP contribution in [-0.2, 0) is 17.6 Å². The molecule has 1 aromatic heterocycles. The second kappa shape index (κ2) is 5.81. The van der Waals surface area contributed by atoms with E-state index in [4.69, 9.17) is 16.3 Å². The molecule has 0 atom stereocenters. The standard InChI is InChI=1S/C17H16ClN3O2/c18-15-13-7-4-8-14(13)19-17(20-15)21-9-12(10-21)23-16(22)11-5-2-1-3-6-11/h1-3,5-6,12H,4,7-10H2. The number of nitrogens with zero attached hydrogens (tertiary/aromatic N) is 3. The summed E-state index contributed by atoms with van der Waals surface area (Å²) >= 11 is 6.24. The quantitative estimate of drug-likeness (QED) is 0.640. The van der Waals surface area contributed by atoms with E-state index in [0.717, 1.165) is 30.5 Å². The van der Waals surface area contributed by atoms with Crippen LogP contribution >= 0.6 is 11.6 Å². The van der Waals surface area contributed by atoms with Crippen LogP contribution in [0, 0.1) is 0 Å². The molecular formula is C17H16ClN3O2. The van der Waals surface area contributed by atoms with E-state index in [1.807, 2.05) is 23.1 Å². The molecule has 1 aromatic carbocycles. The SMILES string of the molecule is O=C(OC1CN(c2nc(Cl)c3c(n2)CCC3)C1)c1ccccc1. The Morgan fingerprint density at radius 3 is 2.74 bits per heavy atom. The summed E-state index contributed by atoms with van der Waals surface area (Å²) in [5, 5.41) is 0.562. The van der Waals surface area contributed by atoms with Gasteiger partial charge in [0.25, 0.3) is 0 Å². The van der Waals surface area contributed by atoms with Crippen LogP contribution in [0.25, 0.3) is 0 Å². The fourth-order valence-electron chi connectivity index (χ4n) is 2.99. The van der Waals surface area contributed by atoms with Gasteiger partial charge in [-0.15, -0.1) is 0 Å². The first-order chi connectivity index (χ1) is 11.2. The Kier molecular flexibility index (Phi) is 3.65. The van der Waals surface area contributed by atoms with E-state index in [1.165, 1.54) is 0 Å². The van der Waals surface area contributed by atoms with Crippen LogP contribution in [-0.4, -0.2) is 35.1 Å². The van der Waals surface area contributed by atoms with Gasteiger partial charge in [0, 0.05) is 5.56 Å². The number of anilines is 1. The van der Waals surface area contributed by atoms with Crippen molar-refractivity contribution < 1.29 is 9.53 Å². The van der Waals surface area contributed by atoms with Crippen molar-refractivity contribution in [2.75, 3.05) is 18.0 Å². The predicted molar refractivity (Wildman–Crippen MR) is 86.9 cm³/mol. The van der Waals surface area contributed by atoms with Crippen molar-refractivity contribution in [2.45, 2.75) is 25.4 Å². The Morgan fingerprint density at radius 2 is 1.96 bits per heavy atom. The lowest BCUT2D eigenvalue weighted by molar-refractivity contribution is 0.0231. The molecule has 0 bridgehead atoms. The Morgan fingerprint density at radius 1 is 1.17 bits per heavy atom. The van der Waals surface area contributed by atoms with Crippen LogP contribution in [0.3, 0.4) is 0 Å². The van der Waals surface area contributed by atoms with Crippen molar-refractivity contribution in [3.8, 4) is 0 Å². The molecule has 0 spiro atoms. The lowest BCUT2D eigenvalue weighted by atomic mass is 10.1. The monoisotopic (exact) mass is 329 g/mol. The Balaban J connectivity index is 1.39. The van der Waals surface area contributed by atoms with Gasteiger partial charge in [-0.1, -0.05) is 29.8 Å². The molecule has 2 aromatic rings. The molecule has 2 aliphatic rings. The second-order valence-electron chi connectivity index (χ2n) is 5.89. The highest BCUT2D eigenvalue weighted by Gasteiger charge is 2.33. The number of carbonyl (C=O) groups excluding carboxylic acids is 1. The third kappa shape index (κ3) is 2.77. The molecule has 4 rings (SSSR count). The summed E-state index contributed by atoms with van der Waals surface area (Å²) in [6, 6.07) is 9.02. The minimum absolute atomic E-state index is 0.127. The minimum Gasteiger partial charge on any atom is -0.455 e. The van der Waals surface area contributed by atoms with Gasteiger partial charge in [0.2, 0.25) is 5.95 Å². The van der Waals surface area contributed by atoms with E-state index in [0.29, 0.717) is 29.8 Å². The molecule has 0 saturated carbocycles. The number of rotatable bonds is 3. The lowest BCUT2D eigenvalue weighted by Gasteiger charge is -2.38. The van der Waals surface area contributed by atoms with Crippen molar-refractivity contribution in [1.29, 1.82) is 0 Å². The molecule has 5 nitrogen and oxygen atoms in total. The number of ether oxygens (including phenoxy) is 1. The molecule has 0 radical (unpaired) electrons. The molecule has 2 heterocycles. The number of fused-ring (bicyclic) bond motifs is 1. The van der Waals surface area contributed by atoms with E-state index in [9.17, 15) is 4.79 Å². The maximum Gasteiger partial charge on any atom is 0.338 e. The Hall–Kier alpha value is -2.14. The van der Waals surface area contributed by atoms with Gasteiger partial charge in [-0.25, -0.2) is 14.8 Å². The fraction of sp³-hybridized carbons (Fsp3) is 0.353. The number of benzene rings is 1. The van der Waals surface area contributed by atoms with E-state index in [-0.39, 0.29) is 12.1 Å². The van der Waals surface area contributed by atoms with Crippen LogP contribution < -0.4 is 4.90 Å². The third-order valence-electron chi connectivity index (χ3n) is 4.28. The van der Waals surface area contributed by atoms with Crippen LogP contribution in [0.2, 0.25) is 5.15 Å². The molecule has 118 valence electrons. The first-order valence-electron chi connectivity index (χ1n) is 7.77. The van der Waals surface area contributed by atoms with E-state index in [1.54, 1.807) is 12.1 Å². The van der Waals surface area contributed by atoms with E-state index < -0.39 is 0 Å². The van der Waals surface area contributed by atoms with Crippen LogP contribution in [0.4, 0.5) is 5.95 Å². The Labute approximate surface area is 139 Å². The minimum atomic E-state index is -0.289. The normalized spacial score (nSPS) is 16.8. The summed E-state index contributed by atoms with van der Waals surface area (Å²) in [6.45, 7) is 1.21. The lowest BCUT2D eigenvalue weighted by Crippen LogP contribution is -2.53. The maximum atomic E-state index is 12.0. The zero-order chi connectivity index (χ0) is 15.8. The van der Waals surface area contributed by atoms with Crippen LogP contribution in [0.5, 0.6) is 0 Å². The van der Waals surface area contributed by atoms with Gasteiger partial charge in [-0.05, 0) is 31.4 Å². The first kappa shape index (κ1) is 14.5.